The number of hydrogen-bond acceptors (Lipinski definition) is 1. The van der Waals surface area contributed by atoms with Crippen molar-refractivity contribution in [1.82, 2.24) is 0 Å². The fourth-order valence-electron chi connectivity index (χ4n) is 8.25. The van der Waals surface area contributed by atoms with Crippen LogP contribution in [-0.4, -0.2) is 0 Å². The van der Waals surface area contributed by atoms with E-state index in [4.69, 9.17) is 4.42 Å². The van der Waals surface area contributed by atoms with Gasteiger partial charge >= 0.3 is 0 Å². The lowest BCUT2D eigenvalue weighted by Gasteiger charge is -2.60. The van der Waals surface area contributed by atoms with Gasteiger partial charge in [0, 0.05) is 5.92 Å². The van der Waals surface area contributed by atoms with Crippen molar-refractivity contribution in [3.05, 3.63) is 24.2 Å². The Kier molecular flexibility index (Phi) is 3.48. The van der Waals surface area contributed by atoms with Crippen molar-refractivity contribution in [1.29, 1.82) is 0 Å². The lowest BCUT2D eigenvalue weighted by atomic mass is 9.45. The van der Waals surface area contributed by atoms with Gasteiger partial charge in [-0.3, -0.25) is 0 Å². The molecular formula is C23H34O. The molecule has 1 heteroatoms. The van der Waals surface area contributed by atoms with Crippen LogP contribution >= 0.6 is 0 Å². The first-order valence-electron chi connectivity index (χ1n) is 10.7. The summed E-state index contributed by atoms with van der Waals surface area (Å²) >= 11 is 0. The van der Waals surface area contributed by atoms with E-state index in [0.29, 0.717) is 16.7 Å². The summed E-state index contributed by atoms with van der Waals surface area (Å²) in [6.07, 6.45) is 16.7. The molecule has 1 nitrogen and oxygen atoms in total. The molecule has 5 rings (SSSR count). The summed E-state index contributed by atoms with van der Waals surface area (Å²) in [4.78, 5) is 0. The second kappa shape index (κ2) is 5.39. The molecule has 4 aliphatic rings. The van der Waals surface area contributed by atoms with Crippen molar-refractivity contribution in [2.45, 2.75) is 84.0 Å². The minimum Gasteiger partial charge on any atom is -0.469 e. The smallest absolute Gasteiger partial charge is 0.107 e. The van der Waals surface area contributed by atoms with Crippen LogP contribution in [0, 0.1) is 34.5 Å². The molecule has 0 amide bonds. The topological polar surface area (TPSA) is 13.1 Å². The normalized spacial score (nSPS) is 50.8. The Morgan fingerprint density at radius 3 is 2.58 bits per heavy atom. The third-order valence-corrected chi connectivity index (χ3v) is 9.47. The van der Waals surface area contributed by atoms with Gasteiger partial charge in [0.15, 0.2) is 0 Å². The third kappa shape index (κ3) is 1.99. The first kappa shape index (κ1) is 15.5. The number of furan rings is 1. The highest BCUT2D eigenvalue weighted by molar-refractivity contribution is 5.18. The molecule has 0 aliphatic heterocycles. The van der Waals surface area contributed by atoms with E-state index in [-0.39, 0.29) is 0 Å². The van der Waals surface area contributed by atoms with Gasteiger partial charge in [0.1, 0.15) is 5.76 Å². The molecule has 1 aromatic rings. The Hall–Kier alpha value is -0.720. The Labute approximate surface area is 147 Å². The molecule has 0 radical (unpaired) electrons. The van der Waals surface area contributed by atoms with Crippen LogP contribution in [0.4, 0.5) is 0 Å². The monoisotopic (exact) mass is 326 g/mol. The van der Waals surface area contributed by atoms with Crippen molar-refractivity contribution in [3.8, 4) is 0 Å². The summed E-state index contributed by atoms with van der Waals surface area (Å²) in [5, 5.41) is 0. The van der Waals surface area contributed by atoms with E-state index in [1.54, 1.807) is 0 Å². The largest absolute Gasteiger partial charge is 0.469 e. The average Bonchev–Trinajstić information content (AvgIpc) is 3.20. The van der Waals surface area contributed by atoms with Crippen LogP contribution < -0.4 is 0 Å². The van der Waals surface area contributed by atoms with Gasteiger partial charge in [0.25, 0.3) is 0 Å². The molecule has 0 spiro atoms. The Bertz CT molecular complexity index is 589. The molecule has 4 aliphatic carbocycles. The highest BCUT2D eigenvalue weighted by atomic mass is 16.3. The quantitative estimate of drug-likeness (QED) is 0.553. The van der Waals surface area contributed by atoms with Crippen molar-refractivity contribution in [2.24, 2.45) is 34.5 Å². The molecule has 0 unspecified atom stereocenters. The zero-order chi connectivity index (χ0) is 16.4. The van der Waals surface area contributed by atoms with Gasteiger partial charge in [0.05, 0.1) is 6.26 Å². The first-order chi connectivity index (χ1) is 11.6. The molecule has 1 heterocycles. The van der Waals surface area contributed by atoms with Crippen molar-refractivity contribution >= 4 is 0 Å². The number of rotatable bonds is 1. The summed E-state index contributed by atoms with van der Waals surface area (Å²) in [7, 11) is 0. The zero-order valence-corrected chi connectivity index (χ0v) is 15.6. The molecule has 0 bridgehead atoms. The summed E-state index contributed by atoms with van der Waals surface area (Å²) in [6.45, 7) is 5.30. The SMILES string of the molecule is C[C@]12CCCC[C@@H]1CC[C@@H]1[C@@H]2CC[C@]2(C)[C@@H](c3ccco3)CC[C@@H]12. The van der Waals surface area contributed by atoms with E-state index >= 15 is 0 Å². The van der Waals surface area contributed by atoms with Crippen molar-refractivity contribution in [2.75, 3.05) is 0 Å². The second-order valence-electron chi connectivity index (χ2n) is 10.1. The number of hydrogen-bond donors (Lipinski definition) is 0. The van der Waals surface area contributed by atoms with Crippen LogP contribution in [0.25, 0.3) is 0 Å². The van der Waals surface area contributed by atoms with E-state index < -0.39 is 0 Å². The lowest BCUT2D eigenvalue weighted by molar-refractivity contribution is -0.106. The maximum atomic E-state index is 5.87. The summed E-state index contributed by atoms with van der Waals surface area (Å²) < 4.78 is 5.87. The van der Waals surface area contributed by atoms with Gasteiger partial charge in [0.2, 0.25) is 0 Å². The van der Waals surface area contributed by atoms with Gasteiger partial charge in [-0.05, 0) is 98.0 Å². The molecule has 7 atom stereocenters. The molecule has 4 saturated carbocycles. The van der Waals surface area contributed by atoms with E-state index in [1.165, 1.54) is 70.0 Å². The molecule has 24 heavy (non-hydrogen) atoms. The molecule has 0 aromatic carbocycles. The maximum absolute atomic E-state index is 5.87. The van der Waals surface area contributed by atoms with Gasteiger partial charge in [-0.2, -0.15) is 0 Å². The first-order valence-corrected chi connectivity index (χ1v) is 10.7. The average molecular weight is 327 g/mol. The Balaban J connectivity index is 1.45. The van der Waals surface area contributed by atoms with Crippen LogP contribution in [0.5, 0.6) is 0 Å². The Morgan fingerprint density at radius 1 is 0.875 bits per heavy atom. The van der Waals surface area contributed by atoms with Crippen molar-refractivity contribution < 1.29 is 4.42 Å². The van der Waals surface area contributed by atoms with Crippen LogP contribution in [0.15, 0.2) is 22.8 Å². The van der Waals surface area contributed by atoms with Gasteiger partial charge in [-0.1, -0.05) is 26.7 Å². The summed E-state index contributed by atoms with van der Waals surface area (Å²) in [6, 6.07) is 4.33. The van der Waals surface area contributed by atoms with Crippen LogP contribution in [0.3, 0.4) is 0 Å². The predicted molar refractivity (Wildman–Crippen MR) is 97.8 cm³/mol. The molecular weight excluding hydrogens is 292 g/mol. The van der Waals surface area contributed by atoms with Crippen LogP contribution in [0.2, 0.25) is 0 Å². The number of fused-ring (bicyclic) bond motifs is 5. The summed E-state index contributed by atoms with van der Waals surface area (Å²) in [5.74, 6) is 5.96. The minimum absolute atomic E-state index is 0.497. The van der Waals surface area contributed by atoms with Gasteiger partial charge < -0.3 is 4.42 Å². The summed E-state index contributed by atoms with van der Waals surface area (Å²) in [5.41, 5.74) is 1.17. The van der Waals surface area contributed by atoms with Gasteiger partial charge in [-0.15, -0.1) is 0 Å². The highest BCUT2D eigenvalue weighted by Gasteiger charge is 2.60. The predicted octanol–water partition coefficient (Wildman–Crippen LogP) is 6.80. The second-order valence-corrected chi connectivity index (χ2v) is 10.1. The van der Waals surface area contributed by atoms with Crippen LogP contribution in [0.1, 0.15) is 89.7 Å². The molecule has 0 saturated heterocycles. The minimum atomic E-state index is 0.497. The van der Waals surface area contributed by atoms with E-state index in [9.17, 15) is 0 Å². The van der Waals surface area contributed by atoms with E-state index in [2.05, 4.69) is 26.0 Å². The van der Waals surface area contributed by atoms with Crippen LogP contribution in [-0.2, 0) is 0 Å². The molecule has 0 N–H and O–H groups in total. The van der Waals surface area contributed by atoms with E-state index in [0.717, 1.165) is 23.7 Å². The van der Waals surface area contributed by atoms with Gasteiger partial charge in [-0.25, -0.2) is 0 Å². The fraction of sp³-hybridized carbons (Fsp3) is 0.826. The fourth-order valence-corrected chi connectivity index (χ4v) is 8.25. The third-order valence-electron chi connectivity index (χ3n) is 9.47. The maximum Gasteiger partial charge on any atom is 0.107 e. The highest BCUT2D eigenvalue weighted by Crippen LogP contribution is 2.68. The molecule has 1 aromatic heterocycles. The molecule has 4 fully saturated rings. The molecule has 132 valence electrons. The van der Waals surface area contributed by atoms with Crippen molar-refractivity contribution in [3.63, 3.8) is 0 Å². The zero-order valence-electron chi connectivity index (χ0n) is 15.6. The Morgan fingerprint density at radius 2 is 1.75 bits per heavy atom. The standard InChI is InChI=1S/C23H34O/c1-22-13-4-3-6-16(22)8-9-17-18-10-11-20(21-7-5-15-24-21)23(18,2)14-12-19(17)22/h5,7,15-20H,3-4,6,8-14H2,1-2H3/t16-,17+,18+,19+,20-,22+,23+/m1/s1. The van der Waals surface area contributed by atoms with E-state index in [1.807, 2.05) is 6.26 Å². The lowest BCUT2D eigenvalue weighted by Crippen LogP contribution is -2.52.